The molecule has 2 aromatic rings. The van der Waals surface area contributed by atoms with Gasteiger partial charge in [0.1, 0.15) is 11.4 Å². The first kappa shape index (κ1) is 18.2. The number of nitrogens with zero attached hydrogens (tertiary/aromatic N) is 2. The number of fused-ring (bicyclic) bond motifs is 1. The van der Waals surface area contributed by atoms with Gasteiger partial charge in [0.2, 0.25) is 0 Å². The fourth-order valence-corrected chi connectivity index (χ4v) is 3.21. The van der Waals surface area contributed by atoms with E-state index in [0.29, 0.717) is 24.1 Å². The van der Waals surface area contributed by atoms with Crippen LogP contribution in [0.5, 0.6) is 0 Å². The molecular formula is C20H23FN2O3. The lowest BCUT2D eigenvalue weighted by Gasteiger charge is -2.33. The Balaban J connectivity index is 2.06. The maximum atomic E-state index is 14.3. The number of pyridine rings is 1. The monoisotopic (exact) mass is 358 g/mol. The van der Waals surface area contributed by atoms with E-state index in [1.165, 1.54) is 12.1 Å². The first-order valence-corrected chi connectivity index (χ1v) is 8.62. The molecule has 1 aliphatic heterocycles. The Labute approximate surface area is 152 Å². The molecule has 0 N–H and O–H groups in total. The van der Waals surface area contributed by atoms with E-state index < -0.39 is 17.5 Å². The molecule has 0 saturated heterocycles. The molecule has 1 aromatic carbocycles. The smallest absolute Gasteiger partial charge is 0.410 e. The molecule has 0 fully saturated rings. The molecule has 2 heterocycles. The Kier molecular flexibility index (Phi) is 4.61. The number of carbonyl (C=O) groups is 1. The number of ether oxygens (including phenoxy) is 1. The van der Waals surface area contributed by atoms with Crippen LogP contribution >= 0.6 is 0 Å². The first-order valence-electron chi connectivity index (χ1n) is 8.62. The summed E-state index contributed by atoms with van der Waals surface area (Å²) in [6, 6.07) is 7.80. The Hall–Kier alpha value is -2.63. The van der Waals surface area contributed by atoms with E-state index in [1.54, 1.807) is 34.7 Å². The van der Waals surface area contributed by atoms with Gasteiger partial charge in [-0.3, -0.25) is 4.79 Å². The maximum Gasteiger partial charge on any atom is 0.410 e. The average molecular weight is 358 g/mol. The van der Waals surface area contributed by atoms with Crippen LogP contribution in [-0.2, 0) is 24.8 Å². The van der Waals surface area contributed by atoms with Crippen molar-refractivity contribution in [2.24, 2.45) is 7.05 Å². The number of halogens is 1. The number of carbonyl (C=O) groups excluding carboxylic acids is 1. The SMILES string of the molecule is Cn1c2c(c(-c3ccccc3F)cc1=O)CN(C(=O)OC(C)(C)C)CC2. The Morgan fingerprint density at radius 1 is 1.19 bits per heavy atom. The molecule has 6 heteroatoms. The summed E-state index contributed by atoms with van der Waals surface area (Å²) in [6.07, 6.45) is 0.110. The second-order valence-corrected chi connectivity index (χ2v) is 7.51. The predicted octanol–water partition coefficient (Wildman–Crippen LogP) is 3.48. The predicted molar refractivity (Wildman–Crippen MR) is 97.4 cm³/mol. The van der Waals surface area contributed by atoms with Gasteiger partial charge in [-0.1, -0.05) is 18.2 Å². The van der Waals surface area contributed by atoms with Gasteiger partial charge in [-0.2, -0.15) is 0 Å². The summed E-state index contributed by atoms with van der Waals surface area (Å²) >= 11 is 0. The summed E-state index contributed by atoms with van der Waals surface area (Å²) in [5.41, 5.74) is 1.74. The lowest BCUT2D eigenvalue weighted by Crippen LogP contribution is -2.41. The highest BCUT2D eigenvalue weighted by molar-refractivity contribution is 5.72. The molecule has 0 spiro atoms. The van der Waals surface area contributed by atoms with Crippen LogP contribution in [-0.4, -0.2) is 27.7 Å². The lowest BCUT2D eigenvalue weighted by atomic mass is 9.94. The van der Waals surface area contributed by atoms with E-state index in [-0.39, 0.29) is 12.1 Å². The van der Waals surface area contributed by atoms with Crippen LogP contribution < -0.4 is 5.56 Å². The van der Waals surface area contributed by atoms with E-state index in [0.717, 1.165) is 11.3 Å². The summed E-state index contributed by atoms with van der Waals surface area (Å²) in [4.78, 5) is 26.4. The highest BCUT2D eigenvalue weighted by atomic mass is 19.1. The fraction of sp³-hybridized carbons (Fsp3) is 0.400. The molecule has 0 saturated carbocycles. The minimum absolute atomic E-state index is 0.187. The van der Waals surface area contributed by atoms with Crippen molar-refractivity contribution in [3.63, 3.8) is 0 Å². The molecular weight excluding hydrogens is 335 g/mol. The standard InChI is InChI=1S/C20H23FN2O3/c1-20(2,3)26-19(25)23-10-9-17-15(12-23)14(11-18(24)22(17)4)13-7-5-6-8-16(13)21/h5-8,11H,9-10,12H2,1-4H3. The van der Waals surface area contributed by atoms with Crippen LogP contribution in [0.25, 0.3) is 11.1 Å². The molecule has 1 amide bonds. The second-order valence-electron chi connectivity index (χ2n) is 7.51. The third-order valence-electron chi connectivity index (χ3n) is 4.46. The number of aromatic nitrogens is 1. The topological polar surface area (TPSA) is 51.5 Å². The first-order chi connectivity index (χ1) is 12.2. The minimum atomic E-state index is -0.588. The summed E-state index contributed by atoms with van der Waals surface area (Å²) < 4.78 is 21.4. The van der Waals surface area contributed by atoms with Crippen molar-refractivity contribution in [1.82, 2.24) is 9.47 Å². The Morgan fingerprint density at radius 3 is 2.54 bits per heavy atom. The molecule has 0 atom stereocenters. The highest BCUT2D eigenvalue weighted by Crippen LogP contribution is 2.31. The molecule has 1 aliphatic rings. The summed E-state index contributed by atoms with van der Waals surface area (Å²) in [6.45, 7) is 6.18. The largest absolute Gasteiger partial charge is 0.444 e. The van der Waals surface area contributed by atoms with Crippen LogP contribution in [0.3, 0.4) is 0 Å². The van der Waals surface area contributed by atoms with E-state index in [2.05, 4.69) is 0 Å². The number of benzene rings is 1. The molecule has 0 bridgehead atoms. The maximum absolute atomic E-state index is 14.3. The van der Waals surface area contributed by atoms with Crippen LogP contribution in [0.1, 0.15) is 32.0 Å². The summed E-state index contributed by atoms with van der Waals surface area (Å²) in [7, 11) is 1.70. The van der Waals surface area contributed by atoms with Gasteiger partial charge in [-0.25, -0.2) is 9.18 Å². The Morgan fingerprint density at radius 2 is 1.88 bits per heavy atom. The third kappa shape index (κ3) is 3.49. The zero-order valence-electron chi connectivity index (χ0n) is 15.5. The third-order valence-corrected chi connectivity index (χ3v) is 4.46. The molecule has 0 radical (unpaired) electrons. The van der Waals surface area contributed by atoms with Crippen molar-refractivity contribution in [2.75, 3.05) is 6.54 Å². The zero-order valence-corrected chi connectivity index (χ0v) is 15.5. The van der Waals surface area contributed by atoms with E-state index in [4.69, 9.17) is 4.74 Å². The van der Waals surface area contributed by atoms with Gasteiger partial charge in [0.25, 0.3) is 5.56 Å². The van der Waals surface area contributed by atoms with Crippen LogP contribution in [0.15, 0.2) is 35.1 Å². The van der Waals surface area contributed by atoms with E-state index in [1.807, 2.05) is 20.8 Å². The number of hydrogen-bond donors (Lipinski definition) is 0. The van der Waals surface area contributed by atoms with Crippen molar-refractivity contribution < 1.29 is 13.9 Å². The van der Waals surface area contributed by atoms with Gasteiger partial charge in [0.05, 0.1) is 6.54 Å². The van der Waals surface area contributed by atoms with Crippen LogP contribution in [0.2, 0.25) is 0 Å². The van der Waals surface area contributed by atoms with Crippen LogP contribution in [0, 0.1) is 5.82 Å². The normalized spacial score (nSPS) is 14.1. The quantitative estimate of drug-likeness (QED) is 0.784. The average Bonchev–Trinajstić information content (AvgIpc) is 2.57. The molecule has 3 rings (SSSR count). The van der Waals surface area contributed by atoms with Gasteiger partial charge in [-0.15, -0.1) is 0 Å². The lowest BCUT2D eigenvalue weighted by molar-refractivity contribution is 0.0222. The number of amides is 1. The molecule has 1 aromatic heterocycles. The van der Waals surface area contributed by atoms with E-state index in [9.17, 15) is 14.0 Å². The molecule has 138 valence electrons. The van der Waals surface area contributed by atoms with Crippen molar-refractivity contribution in [3.8, 4) is 11.1 Å². The van der Waals surface area contributed by atoms with Crippen molar-refractivity contribution in [2.45, 2.75) is 39.3 Å². The molecule has 0 aliphatic carbocycles. The zero-order chi connectivity index (χ0) is 19.1. The van der Waals surface area contributed by atoms with Gasteiger partial charge in [-0.05, 0) is 38.0 Å². The van der Waals surface area contributed by atoms with Gasteiger partial charge in [0.15, 0.2) is 0 Å². The van der Waals surface area contributed by atoms with Gasteiger partial charge >= 0.3 is 6.09 Å². The van der Waals surface area contributed by atoms with E-state index >= 15 is 0 Å². The minimum Gasteiger partial charge on any atom is -0.444 e. The van der Waals surface area contributed by atoms with Crippen molar-refractivity contribution in [1.29, 1.82) is 0 Å². The Bertz CT molecular complexity index is 912. The van der Waals surface area contributed by atoms with Crippen LogP contribution in [0.4, 0.5) is 9.18 Å². The highest BCUT2D eigenvalue weighted by Gasteiger charge is 2.29. The molecule has 5 nitrogen and oxygen atoms in total. The number of hydrogen-bond acceptors (Lipinski definition) is 3. The van der Waals surface area contributed by atoms with Gasteiger partial charge in [0, 0.05) is 37.3 Å². The van der Waals surface area contributed by atoms with Crippen molar-refractivity contribution >= 4 is 6.09 Å². The van der Waals surface area contributed by atoms with Gasteiger partial charge < -0.3 is 14.2 Å². The summed E-state index contributed by atoms with van der Waals surface area (Å²) in [5, 5.41) is 0. The molecule has 26 heavy (non-hydrogen) atoms. The molecule has 0 unspecified atom stereocenters. The van der Waals surface area contributed by atoms with Crippen molar-refractivity contribution in [3.05, 3.63) is 57.8 Å². The summed E-state index contributed by atoms with van der Waals surface area (Å²) in [5.74, 6) is -0.391. The fourth-order valence-electron chi connectivity index (χ4n) is 3.21. The second kappa shape index (κ2) is 6.59. The number of rotatable bonds is 1.